The Morgan fingerprint density at radius 3 is 1.84 bits per heavy atom. The van der Waals surface area contributed by atoms with Gasteiger partial charge in [0.2, 0.25) is 0 Å². The highest BCUT2D eigenvalue weighted by atomic mass is 16.7. The van der Waals surface area contributed by atoms with Crippen molar-refractivity contribution in [3.05, 3.63) is 0 Å². The summed E-state index contributed by atoms with van der Waals surface area (Å²) in [7, 11) is 0. The van der Waals surface area contributed by atoms with Gasteiger partial charge in [0.25, 0.3) is 0 Å². The molecule has 0 saturated carbocycles. The first-order chi connectivity index (χ1) is 11.8. The normalized spacial score (nSPS) is 12.0. The van der Waals surface area contributed by atoms with Crippen molar-refractivity contribution in [3.8, 4) is 0 Å². The van der Waals surface area contributed by atoms with Crippen LogP contribution < -0.4 is 0 Å². The van der Waals surface area contributed by atoms with E-state index in [4.69, 9.17) is 9.47 Å². The lowest BCUT2D eigenvalue weighted by Gasteiger charge is -2.27. The lowest BCUT2D eigenvalue weighted by molar-refractivity contribution is -0.0314. The molecular formula is C22H44O3. The van der Waals surface area contributed by atoms with Crippen molar-refractivity contribution in [2.45, 2.75) is 118 Å². The second kappa shape index (κ2) is 14.4. The summed E-state index contributed by atoms with van der Waals surface area (Å²) >= 11 is 0. The van der Waals surface area contributed by atoms with Gasteiger partial charge in [-0.3, -0.25) is 0 Å². The molecule has 0 saturated heterocycles. The molecule has 3 heteroatoms. The monoisotopic (exact) mass is 356 g/mol. The molecule has 0 N–H and O–H groups in total. The minimum atomic E-state index is -0.502. The second-order valence-electron chi connectivity index (χ2n) is 8.59. The van der Waals surface area contributed by atoms with Gasteiger partial charge in [-0.2, -0.15) is 0 Å². The number of ether oxygens (including phenoxy) is 2. The lowest BCUT2D eigenvalue weighted by Crippen LogP contribution is -2.30. The van der Waals surface area contributed by atoms with E-state index in [9.17, 15) is 4.79 Å². The Morgan fingerprint density at radius 1 is 0.880 bits per heavy atom. The Balaban J connectivity index is 4.24. The van der Waals surface area contributed by atoms with Crippen molar-refractivity contribution < 1.29 is 14.3 Å². The third-order valence-electron chi connectivity index (χ3n) is 4.63. The molecule has 0 spiro atoms. The highest BCUT2D eigenvalue weighted by Crippen LogP contribution is 2.22. The standard InChI is InChI=1S/C22H44O3/c1-7-9-11-13-15-20(16-14-12-10-8-2)18-24-21(23)25-22(5,6)17-19(3)4/h19-20H,7-18H2,1-6H3. The van der Waals surface area contributed by atoms with Gasteiger partial charge in [0.05, 0.1) is 6.61 Å². The van der Waals surface area contributed by atoms with Gasteiger partial charge in [-0.25, -0.2) is 4.79 Å². The second-order valence-corrected chi connectivity index (χ2v) is 8.59. The van der Waals surface area contributed by atoms with E-state index in [0.29, 0.717) is 18.4 Å². The predicted molar refractivity (Wildman–Crippen MR) is 107 cm³/mol. The molecule has 0 heterocycles. The number of carbonyl (C=O) groups excluding carboxylic acids is 1. The van der Waals surface area contributed by atoms with Gasteiger partial charge in [0, 0.05) is 0 Å². The lowest BCUT2D eigenvalue weighted by atomic mass is 9.95. The Bertz CT molecular complexity index is 311. The topological polar surface area (TPSA) is 35.5 Å². The van der Waals surface area contributed by atoms with Crippen molar-refractivity contribution in [1.82, 2.24) is 0 Å². The summed E-state index contributed by atoms with van der Waals surface area (Å²) in [6, 6.07) is 0. The summed E-state index contributed by atoms with van der Waals surface area (Å²) in [5.41, 5.74) is -0.455. The zero-order valence-corrected chi connectivity index (χ0v) is 17.9. The first-order valence-electron chi connectivity index (χ1n) is 10.7. The smallest absolute Gasteiger partial charge is 0.434 e. The molecule has 0 aromatic rings. The summed E-state index contributed by atoms with van der Waals surface area (Å²) in [5.74, 6) is 0.974. The average Bonchev–Trinajstić information content (AvgIpc) is 2.50. The average molecular weight is 357 g/mol. The van der Waals surface area contributed by atoms with Crippen LogP contribution in [0.3, 0.4) is 0 Å². The molecule has 0 bridgehead atoms. The highest BCUT2D eigenvalue weighted by Gasteiger charge is 2.25. The predicted octanol–water partition coefficient (Wildman–Crippen LogP) is 7.52. The first-order valence-corrected chi connectivity index (χ1v) is 10.7. The van der Waals surface area contributed by atoms with Gasteiger partial charge in [0.1, 0.15) is 5.60 Å². The molecule has 0 rings (SSSR count). The van der Waals surface area contributed by atoms with Crippen LogP contribution >= 0.6 is 0 Å². The number of rotatable bonds is 15. The van der Waals surface area contributed by atoms with Crippen molar-refractivity contribution in [2.75, 3.05) is 6.61 Å². The summed E-state index contributed by atoms with van der Waals surface area (Å²) in [5, 5.41) is 0. The molecule has 25 heavy (non-hydrogen) atoms. The highest BCUT2D eigenvalue weighted by molar-refractivity contribution is 5.60. The summed E-state index contributed by atoms with van der Waals surface area (Å²) in [4.78, 5) is 12.1. The van der Waals surface area contributed by atoms with Crippen LogP contribution in [0.1, 0.15) is 112 Å². The van der Waals surface area contributed by atoms with Gasteiger partial charge >= 0.3 is 6.16 Å². The molecule has 0 amide bonds. The van der Waals surface area contributed by atoms with Crippen LogP contribution in [-0.2, 0) is 9.47 Å². The molecule has 0 aliphatic heterocycles. The number of hydrogen-bond donors (Lipinski definition) is 0. The van der Waals surface area contributed by atoms with Gasteiger partial charge in [0.15, 0.2) is 0 Å². The Labute approximate surface area is 157 Å². The Hall–Kier alpha value is -0.730. The van der Waals surface area contributed by atoms with Gasteiger partial charge in [-0.1, -0.05) is 79.1 Å². The molecule has 0 unspecified atom stereocenters. The third kappa shape index (κ3) is 15.3. The molecule has 0 fully saturated rings. The molecule has 0 aromatic carbocycles. The van der Waals surface area contributed by atoms with Gasteiger partial charge in [-0.15, -0.1) is 0 Å². The van der Waals surface area contributed by atoms with Crippen LogP contribution in [0.5, 0.6) is 0 Å². The van der Waals surface area contributed by atoms with Crippen LogP contribution in [0.25, 0.3) is 0 Å². The number of carbonyl (C=O) groups is 1. The van der Waals surface area contributed by atoms with E-state index in [1.807, 2.05) is 13.8 Å². The fourth-order valence-corrected chi connectivity index (χ4v) is 3.50. The van der Waals surface area contributed by atoms with E-state index in [0.717, 1.165) is 19.3 Å². The van der Waals surface area contributed by atoms with Crippen LogP contribution in [0.4, 0.5) is 4.79 Å². The fraction of sp³-hybridized carbons (Fsp3) is 0.955. The third-order valence-corrected chi connectivity index (χ3v) is 4.63. The fourth-order valence-electron chi connectivity index (χ4n) is 3.50. The summed E-state index contributed by atoms with van der Waals surface area (Å²) in [6.45, 7) is 13.2. The molecule has 0 radical (unpaired) electrons. The zero-order chi connectivity index (χ0) is 19.1. The quantitative estimate of drug-likeness (QED) is 0.225. The maximum Gasteiger partial charge on any atom is 0.508 e. The Morgan fingerprint density at radius 2 is 1.40 bits per heavy atom. The van der Waals surface area contributed by atoms with Crippen LogP contribution in [0, 0.1) is 11.8 Å². The molecule has 0 atom stereocenters. The molecule has 150 valence electrons. The summed E-state index contributed by atoms with van der Waals surface area (Å²) < 4.78 is 11.0. The molecule has 0 aliphatic carbocycles. The van der Waals surface area contributed by atoms with E-state index in [1.165, 1.54) is 51.4 Å². The zero-order valence-electron chi connectivity index (χ0n) is 17.9. The van der Waals surface area contributed by atoms with Crippen LogP contribution in [-0.4, -0.2) is 18.4 Å². The molecule has 0 aromatic heterocycles. The van der Waals surface area contributed by atoms with Crippen molar-refractivity contribution in [1.29, 1.82) is 0 Å². The first kappa shape index (κ1) is 24.3. The number of unbranched alkanes of at least 4 members (excludes halogenated alkanes) is 6. The van der Waals surface area contributed by atoms with Crippen LogP contribution in [0.2, 0.25) is 0 Å². The van der Waals surface area contributed by atoms with Gasteiger partial charge < -0.3 is 9.47 Å². The number of hydrogen-bond acceptors (Lipinski definition) is 3. The van der Waals surface area contributed by atoms with E-state index < -0.39 is 11.8 Å². The largest absolute Gasteiger partial charge is 0.508 e. The van der Waals surface area contributed by atoms with Crippen LogP contribution in [0.15, 0.2) is 0 Å². The maximum absolute atomic E-state index is 12.1. The molecule has 3 nitrogen and oxygen atoms in total. The van der Waals surface area contributed by atoms with Crippen molar-refractivity contribution in [2.24, 2.45) is 11.8 Å². The summed E-state index contributed by atoms with van der Waals surface area (Å²) in [6.07, 6.45) is 12.8. The maximum atomic E-state index is 12.1. The van der Waals surface area contributed by atoms with Crippen molar-refractivity contribution in [3.63, 3.8) is 0 Å². The molecule has 0 aliphatic rings. The van der Waals surface area contributed by atoms with Crippen molar-refractivity contribution >= 4 is 6.16 Å². The van der Waals surface area contributed by atoms with Gasteiger partial charge in [-0.05, 0) is 44.9 Å². The van der Waals surface area contributed by atoms with E-state index in [-0.39, 0.29) is 0 Å². The molecular weight excluding hydrogens is 312 g/mol. The minimum absolute atomic E-state index is 0.455. The SMILES string of the molecule is CCCCCCC(CCCCCC)COC(=O)OC(C)(C)CC(C)C. The minimum Gasteiger partial charge on any atom is -0.434 e. The van der Waals surface area contributed by atoms with E-state index >= 15 is 0 Å². The Kier molecular flexibility index (Phi) is 14.0. The van der Waals surface area contributed by atoms with E-state index in [1.54, 1.807) is 0 Å². The van der Waals surface area contributed by atoms with E-state index in [2.05, 4.69) is 27.7 Å².